The Hall–Kier alpha value is -1.12. The van der Waals surface area contributed by atoms with Gasteiger partial charge in [-0.15, -0.1) is 0 Å². The highest BCUT2D eigenvalue weighted by molar-refractivity contribution is 6.05. The zero-order valence-corrected chi connectivity index (χ0v) is 10.8. The summed E-state index contributed by atoms with van der Waals surface area (Å²) in [6, 6.07) is 0. The normalized spacial score (nSPS) is 24.5. The van der Waals surface area contributed by atoms with Gasteiger partial charge in [-0.25, -0.2) is 0 Å². The summed E-state index contributed by atoms with van der Waals surface area (Å²) < 4.78 is 5.07. The second kappa shape index (κ2) is 6.58. The molecule has 0 heterocycles. The predicted octanol–water partition coefficient (Wildman–Crippen LogP) is 3.04. The van der Waals surface area contributed by atoms with Gasteiger partial charge in [0.2, 0.25) is 0 Å². The Morgan fingerprint density at radius 3 is 2.71 bits per heavy atom. The zero-order chi connectivity index (χ0) is 12.7. The summed E-state index contributed by atoms with van der Waals surface area (Å²) in [5, 5.41) is 0. The molecule has 0 aromatic rings. The molecule has 0 N–H and O–H groups in total. The van der Waals surface area contributed by atoms with Crippen LogP contribution in [-0.2, 0) is 14.3 Å². The molecule has 1 aliphatic carbocycles. The lowest BCUT2D eigenvalue weighted by molar-refractivity contribution is -0.159. The lowest BCUT2D eigenvalue weighted by atomic mass is 9.80. The van der Waals surface area contributed by atoms with Crippen LogP contribution in [0.2, 0.25) is 0 Å². The number of hydrogen-bond donors (Lipinski definition) is 0. The van der Waals surface area contributed by atoms with E-state index in [2.05, 4.69) is 13.0 Å². The smallest absolute Gasteiger partial charge is 0.319 e. The summed E-state index contributed by atoms with van der Waals surface area (Å²) in [6.45, 7) is 4.19. The van der Waals surface area contributed by atoms with Gasteiger partial charge in [-0.05, 0) is 39.0 Å². The van der Waals surface area contributed by atoms with Crippen molar-refractivity contribution < 1.29 is 14.3 Å². The molecule has 0 spiro atoms. The van der Waals surface area contributed by atoms with E-state index in [0.717, 1.165) is 19.3 Å². The highest BCUT2D eigenvalue weighted by Gasteiger charge is 2.48. The van der Waals surface area contributed by atoms with Crippen LogP contribution in [0.15, 0.2) is 12.2 Å². The van der Waals surface area contributed by atoms with Crippen LogP contribution in [0.25, 0.3) is 0 Å². The summed E-state index contributed by atoms with van der Waals surface area (Å²) in [5.74, 6) is -0.242. The molecule has 1 aliphatic rings. The molecule has 0 aliphatic heterocycles. The first-order valence-corrected chi connectivity index (χ1v) is 6.53. The van der Waals surface area contributed by atoms with Crippen molar-refractivity contribution in [3.8, 4) is 0 Å². The van der Waals surface area contributed by atoms with Gasteiger partial charge in [-0.1, -0.05) is 19.1 Å². The predicted molar refractivity (Wildman–Crippen MR) is 66.6 cm³/mol. The average Bonchev–Trinajstić information content (AvgIpc) is 2.68. The van der Waals surface area contributed by atoms with Gasteiger partial charge >= 0.3 is 5.97 Å². The van der Waals surface area contributed by atoms with E-state index in [1.54, 1.807) is 6.92 Å². The summed E-state index contributed by atoms with van der Waals surface area (Å²) in [6.07, 6.45) is 8.47. The maximum absolute atomic E-state index is 12.0. The molecule has 0 amide bonds. The molecule has 1 fully saturated rings. The van der Waals surface area contributed by atoms with Crippen molar-refractivity contribution in [2.75, 3.05) is 6.61 Å². The lowest BCUT2D eigenvalue weighted by Crippen LogP contribution is -2.36. The fraction of sp³-hybridized carbons (Fsp3) is 0.714. The number of Topliss-reactive ketones (excluding diaryl/α,β-unsaturated/α-hetero) is 1. The molecular weight excluding hydrogens is 216 g/mol. The fourth-order valence-electron chi connectivity index (χ4n) is 2.40. The van der Waals surface area contributed by atoms with Crippen LogP contribution in [0.3, 0.4) is 0 Å². The van der Waals surface area contributed by atoms with Crippen molar-refractivity contribution in [2.24, 2.45) is 5.41 Å². The number of ketones is 1. The molecule has 1 saturated carbocycles. The molecule has 0 aromatic heterocycles. The summed E-state index contributed by atoms with van der Waals surface area (Å²) >= 11 is 0. The van der Waals surface area contributed by atoms with E-state index in [0.29, 0.717) is 25.9 Å². The zero-order valence-electron chi connectivity index (χ0n) is 10.8. The van der Waals surface area contributed by atoms with E-state index < -0.39 is 5.41 Å². The molecule has 1 atom stereocenters. The monoisotopic (exact) mass is 238 g/mol. The number of carbonyl (C=O) groups excluding carboxylic acids is 2. The number of carbonyl (C=O) groups is 2. The number of hydrogen-bond acceptors (Lipinski definition) is 3. The summed E-state index contributed by atoms with van der Waals surface area (Å²) in [7, 11) is 0. The van der Waals surface area contributed by atoms with Crippen molar-refractivity contribution in [3.05, 3.63) is 12.2 Å². The van der Waals surface area contributed by atoms with Gasteiger partial charge in [0.25, 0.3) is 0 Å². The molecule has 3 heteroatoms. The van der Waals surface area contributed by atoms with E-state index >= 15 is 0 Å². The molecule has 3 nitrogen and oxygen atoms in total. The molecule has 0 radical (unpaired) electrons. The van der Waals surface area contributed by atoms with E-state index in [1.807, 2.05) is 6.08 Å². The number of allylic oxidation sites excluding steroid dienone is 2. The highest BCUT2D eigenvalue weighted by Crippen LogP contribution is 2.40. The third kappa shape index (κ3) is 3.18. The molecule has 96 valence electrons. The molecule has 0 saturated heterocycles. The standard InChI is InChI=1S/C14H22O3/c1-3-5-6-7-10-14(13(16)17-4-2)11-8-9-12(14)15/h5-6H,3-4,7-11H2,1-2H3/b6-5+. The minimum absolute atomic E-state index is 0.0702. The molecular formula is C14H22O3. The first-order valence-electron chi connectivity index (χ1n) is 6.53. The van der Waals surface area contributed by atoms with Crippen molar-refractivity contribution in [2.45, 2.75) is 52.4 Å². The third-order valence-corrected chi connectivity index (χ3v) is 3.35. The molecule has 0 bridgehead atoms. The average molecular weight is 238 g/mol. The Morgan fingerprint density at radius 2 is 2.18 bits per heavy atom. The number of rotatable bonds is 6. The van der Waals surface area contributed by atoms with Gasteiger partial charge < -0.3 is 4.74 Å². The van der Waals surface area contributed by atoms with E-state index in [-0.39, 0.29) is 11.8 Å². The third-order valence-electron chi connectivity index (χ3n) is 3.35. The minimum Gasteiger partial charge on any atom is -0.465 e. The van der Waals surface area contributed by atoms with E-state index in [4.69, 9.17) is 4.74 Å². The first-order chi connectivity index (χ1) is 8.17. The van der Waals surface area contributed by atoms with Crippen LogP contribution in [0, 0.1) is 5.41 Å². The Morgan fingerprint density at radius 1 is 1.41 bits per heavy atom. The summed E-state index contributed by atoms with van der Waals surface area (Å²) in [4.78, 5) is 23.9. The van der Waals surface area contributed by atoms with Gasteiger partial charge in [0.1, 0.15) is 11.2 Å². The van der Waals surface area contributed by atoms with Crippen LogP contribution in [0.4, 0.5) is 0 Å². The van der Waals surface area contributed by atoms with Crippen molar-refractivity contribution >= 4 is 11.8 Å². The molecule has 1 unspecified atom stereocenters. The van der Waals surface area contributed by atoms with E-state index in [1.165, 1.54) is 0 Å². The quantitative estimate of drug-likeness (QED) is 0.406. The Balaban J connectivity index is 2.69. The molecule has 1 rings (SSSR count). The Bertz CT molecular complexity index is 307. The highest BCUT2D eigenvalue weighted by atomic mass is 16.5. The lowest BCUT2D eigenvalue weighted by Gasteiger charge is -2.24. The second-order valence-corrected chi connectivity index (χ2v) is 4.50. The van der Waals surface area contributed by atoms with Crippen molar-refractivity contribution in [1.82, 2.24) is 0 Å². The topological polar surface area (TPSA) is 43.4 Å². The van der Waals surface area contributed by atoms with Gasteiger partial charge in [-0.3, -0.25) is 9.59 Å². The van der Waals surface area contributed by atoms with Crippen LogP contribution < -0.4 is 0 Å². The maximum Gasteiger partial charge on any atom is 0.319 e. The van der Waals surface area contributed by atoms with Crippen LogP contribution in [0.1, 0.15) is 52.4 Å². The minimum atomic E-state index is -0.839. The van der Waals surface area contributed by atoms with Gasteiger partial charge in [0.15, 0.2) is 0 Å². The fourth-order valence-corrected chi connectivity index (χ4v) is 2.40. The first kappa shape index (κ1) is 13.9. The van der Waals surface area contributed by atoms with Crippen molar-refractivity contribution in [1.29, 1.82) is 0 Å². The maximum atomic E-state index is 12.0. The largest absolute Gasteiger partial charge is 0.465 e. The molecule has 17 heavy (non-hydrogen) atoms. The Labute approximate surface area is 103 Å². The SMILES string of the molecule is CC/C=C/CCC1(C(=O)OCC)CCCC1=O. The van der Waals surface area contributed by atoms with Crippen molar-refractivity contribution in [3.63, 3.8) is 0 Å². The van der Waals surface area contributed by atoms with E-state index in [9.17, 15) is 9.59 Å². The number of esters is 1. The van der Waals surface area contributed by atoms with Crippen LogP contribution in [-0.4, -0.2) is 18.4 Å². The van der Waals surface area contributed by atoms with Crippen LogP contribution in [0.5, 0.6) is 0 Å². The van der Waals surface area contributed by atoms with Crippen LogP contribution >= 0.6 is 0 Å². The summed E-state index contributed by atoms with van der Waals surface area (Å²) in [5.41, 5.74) is -0.839. The Kier molecular flexibility index (Phi) is 5.39. The van der Waals surface area contributed by atoms with Gasteiger partial charge in [0, 0.05) is 6.42 Å². The molecule has 0 aromatic carbocycles. The number of ether oxygens (including phenoxy) is 1. The van der Waals surface area contributed by atoms with Gasteiger partial charge in [0.05, 0.1) is 6.61 Å². The second-order valence-electron chi connectivity index (χ2n) is 4.50. The van der Waals surface area contributed by atoms with Gasteiger partial charge in [-0.2, -0.15) is 0 Å².